The number of rotatable bonds is 5. The van der Waals surface area contributed by atoms with Gasteiger partial charge in [-0.25, -0.2) is 0 Å². The molecular weight excluding hydrogens is 304 g/mol. The molecule has 1 heterocycles. The molecule has 0 saturated carbocycles. The van der Waals surface area contributed by atoms with Gasteiger partial charge in [-0.15, -0.1) is 5.10 Å². The molecule has 1 aromatic carbocycles. The van der Waals surface area contributed by atoms with Crippen molar-refractivity contribution in [2.75, 3.05) is 6.54 Å². The van der Waals surface area contributed by atoms with Crippen LogP contribution in [0.3, 0.4) is 0 Å². The predicted octanol–water partition coefficient (Wildman–Crippen LogP) is 2.78. The number of nitrogens with zero attached hydrogens (tertiary/aromatic N) is 3. The highest BCUT2D eigenvalue weighted by Crippen LogP contribution is 2.28. The van der Waals surface area contributed by atoms with Crippen LogP contribution in [0.2, 0.25) is 0 Å². The maximum atomic E-state index is 4.17. The van der Waals surface area contributed by atoms with Gasteiger partial charge in [0.05, 0.1) is 5.69 Å². The highest BCUT2D eigenvalue weighted by atomic mass is 79.9. The molecule has 0 bridgehead atoms. The van der Waals surface area contributed by atoms with Gasteiger partial charge in [-0.2, -0.15) is 0 Å². The van der Waals surface area contributed by atoms with E-state index in [1.54, 1.807) is 4.68 Å². The van der Waals surface area contributed by atoms with E-state index < -0.39 is 0 Å². The monoisotopic (exact) mass is 322 g/mol. The molecule has 0 aliphatic rings. The van der Waals surface area contributed by atoms with Gasteiger partial charge in [-0.1, -0.05) is 46.3 Å². The molecular formula is C14H19BrN4. The number of benzene rings is 1. The van der Waals surface area contributed by atoms with Gasteiger partial charge in [0.25, 0.3) is 0 Å². The Morgan fingerprint density at radius 1 is 1.42 bits per heavy atom. The summed E-state index contributed by atoms with van der Waals surface area (Å²) >= 11 is 3.69. The summed E-state index contributed by atoms with van der Waals surface area (Å²) < 4.78 is 2.91. The average Bonchev–Trinajstić information content (AvgIpc) is 2.78. The number of nitrogens with one attached hydrogen (secondary N) is 1. The first-order chi connectivity index (χ1) is 9.11. The Labute approximate surface area is 122 Å². The molecule has 1 atom stereocenters. The van der Waals surface area contributed by atoms with E-state index in [-0.39, 0.29) is 6.04 Å². The predicted molar refractivity (Wildman–Crippen MR) is 80.0 cm³/mol. The molecule has 102 valence electrons. The molecule has 1 aromatic heterocycles. The van der Waals surface area contributed by atoms with Gasteiger partial charge in [0.2, 0.25) is 0 Å². The summed E-state index contributed by atoms with van der Waals surface area (Å²) in [5, 5.41) is 11.7. The molecule has 0 amide bonds. The third kappa shape index (κ3) is 3.42. The van der Waals surface area contributed by atoms with Crippen LogP contribution in [0.15, 0.2) is 28.9 Å². The number of aromatic nitrogens is 3. The quantitative estimate of drug-likeness (QED) is 0.920. The van der Waals surface area contributed by atoms with Crippen LogP contribution in [-0.2, 0) is 13.5 Å². The zero-order valence-electron chi connectivity index (χ0n) is 11.5. The summed E-state index contributed by atoms with van der Waals surface area (Å²) in [4.78, 5) is 0. The Balaban J connectivity index is 2.26. The van der Waals surface area contributed by atoms with E-state index in [0.29, 0.717) is 0 Å². The number of hydrogen-bond acceptors (Lipinski definition) is 3. The highest BCUT2D eigenvalue weighted by molar-refractivity contribution is 9.10. The molecule has 5 heteroatoms. The fourth-order valence-corrected chi connectivity index (χ4v) is 2.72. The van der Waals surface area contributed by atoms with Gasteiger partial charge in [0.1, 0.15) is 0 Å². The van der Waals surface area contributed by atoms with Crippen LogP contribution in [0, 0.1) is 6.92 Å². The molecule has 0 spiro atoms. The Kier molecular flexibility index (Phi) is 4.71. The van der Waals surface area contributed by atoms with Crippen LogP contribution in [0.1, 0.15) is 29.8 Å². The molecule has 0 fully saturated rings. The largest absolute Gasteiger partial charge is 0.310 e. The third-order valence-corrected chi connectivity index (χ3v) is 4.19. The lowest BCUT2D eigenvalue weighted by atomic mass is 10.0. The molecule has 0 aliphatic carbocycles. The second-order valence-corrected chi connectivity index (χ2v) is 5.47. The summed E-state index contributed by atoms with van der Waals surface area (Å²) in [6, 6.07) is 6.60. The Morgan fingerprint density at radius 2 is 2.21 bits per heavy atom. The lowest BCUT2D eigenvalue weighted by Gasteiger charge is -2.19. The van der Waals surface area contributed by atoms with Gasteiger partial charge >= 0.3 is 0 Å². The van der Waals surface area contributed by atoms with Crippen molar-refractivity contribution in [1.29, 1.82) is 0 Å². The van der Waals surface area contributed by atoms with Crippen molar-refractivity contribution >= 4 is 15.9 Å². The molecule has 19 heavy (non-hydrogen) atoms. The lowest BCUT2D eigenvalue weighted by molar-refractivity contribution is 0.541. The van der Waals surface area contributed by atoms with Crippen LogP contribution < -0.4 is 5.32 Å². The standard InChI is InChI=1S/C14H19BrN4/c1-4-16-13(8-11-9-19(3)18-17-11)12-7-5-6-10(2)14(12)15/h5-7,9,13,16H,4,8H2,1-3H3. The summed E-state index contributed by atoms with van der Waals surface area (Å²) in [5.74, 6) is 0. The molecule has 2 aromatic rings. The maximum Gasteiger partial charge on any atom is 0.0845 e. The number of aryl methyl sites for hydroxylation is 2. The van der Waals surface area contributed by atoms with Crippen LogP contribution >= 0.6 is 15.9 Å². The first-order valence-corrected chi connectivity index (χ1v) is 7.24. The molecule has 0 saturated heterocycles. The zero-order chi connectivity index (χ0) is 13.8. The van der Waals surface area contributed by atoms with E-state index >= 15 is 0 Å². The van der Waals surface area contributed by atoms with E-state index in [1.165, 1.54) is 15.6 Å². The van der Waals surface area contributed by atoms with E-state index in [2.05, 4.69) is 63.6 Å². The van der Waals surface area contributed by atoms with Crippen LogP contribution in [0.5, 0.6) is 0 Å². The fraction of sp³-hybridized carbons (Fsp3) is 0.429. The SMILES string of the molecule is CCNC(Cc1cn(C)nn1)c1cccc(C)c1Br. The van der Waals surface area contributed by atoms with Crippen molar-refractivity contribution in [2.45, 2.75) is 26.3 Å². The third-order valence-electron chi connectivity index (χ3n) is 3.11. The molecule has 1 N–H and O–H groups in total. The first-order valence-electron chi connectivity index (χ1n) is 6.45. The van der Waals surface area contributed by atoms with E-state index in [4.69, 9.17) is 0 Å². The first kappa shape index (κ1) is 14.2. The van der Waals surface area contributed by atoms with Crippen LogP contribution in [0.25, 0.3) is 0 Å². The maximum absolute atomic E-state index is 4.17. The number of halogens is 1. The van der Waals surface area contributed by atoms with Gasteiger partial charge in [0, 0.05) is 30.2 Å². The van der Waals surface area contributed by atoms with Crippen molar-refractivity contribution in [3.8, 4) is 0 Å². The Morgan fingerprint density at radius 3 is 2.84 bits per heavy atom. The van der Waals surface area contributed by atoms with Gasteiger partial charge in [-0.05, 0) is 24.6 Å². The van der Waals surface area contributed by atoms with Crippen LogP contribution in [-0.4, -0.2) is 21.5 Å². The van der Waals surface area contributed by atoms with Crippen molar-refractivity contribution in [2.24, 2.45) is 7.05 Å². The normalized spacial score (nSPS) is 12.6. The summed E-state index contributed by atoms with van der Waals surface area (Å²) in [5.41, 5.74) is 3.52. The van der Waals surface area contributed by atoms with Crippen molar-refractivity contribution < 1.29 is 0 Å². The second kappa shape index (κ2) is 6.30. The second-order valence-electron chi connectivity index (χ2n) is 4.68. The van der Waals surface area contributed by atoms with Gasteiger partial charge in [0.15, 0.2) is 0 Å². The molecule has 0 aliphatic heterocycles. The highest BCUT2D eigenvalue weighted by Gasteiger charge is 2.16. The molecule has 2 rings (SSSR count). The topological polar surface area (TPSA) is 42.7 Å². The van der Waals surface area contributed by atoms with E-state index in [0.717, 1.165) is 18.7 Å². The van der Waals surface area contributed by atoms with Crippen molar-refractivity contribution in [3.63, 3.8) is 0 Å². The summed E-state index contributed by atoms with van der Waals surface area (Å²) in [6.07, 6.45) is 2.80. The molecule has 0 radical (unpaired) electrons. The van der Waals surface area contributed by atoms with Gasteiger partial charge in [-0.3, -0.25) is 4.68 Å². The lowest BCUT2D eigenvalue weighted by Crippen LogP contribution is -2.23. The van der Waals surface area contributed by atoms with E-state index in [1.807, 2.05) is 13.2 Å². The van der Waals surface area contributed by atoms with Gasteiger partial charge < -0.3 is 5.32 Å². The number of likely N-dealkylation sites (N-methyl/N-ethyl adjacent to an activating group) is 1. The Hall–Kier alpha value is -1.20. The summed E-state index contributed by atoms with van der Waals surface area (Å²) in [6.45, 7) is 5.15. The van der Waals surface area contributed by atoms with Crippen molar-refractivity contribution in [3.05, 3.63) is 45.7 Å². The fourth-order valence-electron chi connectivity index (χ4n) is 2.18. The minimum Gasteiger partial charge on any atom is -0.310 e. The van der Waals surface area contributed by atoms with Crippen LogP contribution in [0.4, 0.5) is 0 Å². The molecule has 4 nitrogen and oxygen atoms in total. The average molecular weight is 323 g/mol. The summed E-state index contributed by atoms with van der Waals surface area (Å²) in [7, 11) is 1.89. The Bertz CT molecular complexity index is 550. The van der Waals surface area contributed by atoms with Crippen molar-refractivity contribution in [1.82, 2.24) is 20.3 Å². The minimum absolute atomic E-state index is 0.246. The zero-order valence-corrected chi connectivity index (χ0v) is 13.1. The number of hydrogen-bond donors (Lipinski definition) is 1. The molecule has 1 unspecified atom stereocenters. The smallest absolute Gasteiger partial charge is 0.0845 e. The minimum atomic E-state index is 0.246. The van der Waals surface area contributed by atoms with E-state index in [9.17, 15) is 0 Å².